The van der Waals surface area contributed by atoms with E-state index in [9.17, 15) is 0 Å². The zero-order valence-electron chi connectivity index (χ0n) is 8.27. The fraction of sp³-hybridized carbons (Fsp3) is 0.455. The van der Waals surface area contributed by atoms with Crippen molar-refractivity contribution in [2.24, 2.45) is 0 Å². The topological polar surface area (TPSA) is 39.9 Å². The molecule has 0 bridgehead atoms. The summed E-state index contributed by atoms with van der Waals surface area (Å²) in [6.07, 6.45) is 4.29. The van der Waals surface area contributed by atoms with E-state index in [1.807, 2.05) is 12.1 Å². The summed E-state index contributed by atoms with van der Waals surface area (Å²) in [6, 6.07) is 6.39. The fourth-order valence-corrected chi connectivity index (χ4v) is 1.94. The second-order valence-corrected chi connectivity index (χ2v) is 3.70. The van der Waals surface area contributed by atoms with Gasteiger partial charge in [0, 0.05) is 12.6 Å². The van der Waals surface area contributed by atoms with E-state index in [0.29, 0.717) is 11.7 Å². The van der Waals surface area contributed by atoms with Crippen LogP contribution in [-0.4, -0.2) is 17.6 Å². The maximum atomic E-state index is 8.62. The van der Waals surface area contributed by atoms with Gasteiger partial charge < -0.3 is 4.90 Å². The molecule has 3 nitrogen and oxygen atoms in total. The molecule has 1 aromatic heterocycles. The molecule has 0 amide bonds. The van der Waals surface area contributed by atoms with Crippen molar-refractivity contribution in [2.45, 2.75) is 25.8 Å². The zero-order valence-corrected chi connectivity index (χ0v) is 8.27. The highest BCUT2D eigenvalue weighted by Crippen LogP contribution is 2.24. The fourth-order valence-electron chi connectivity index (χ4n) is 1.94. The first-order chi connectivity index (χ1) is 6.81. The van der Waals surface area contributed by atoms with Crippen LogP contribution in [0.25, 0.3) is 0 Å². The first kappa shape index (κ1) is 9.01. The molecule has 14 heavy (non-hydrogen) atoms. The van der Waals surface area contributed by atoms with Crippen LogP contribution in [0, 0.1) is 11.3 Å². The molecule has 0 N–H and O–H groups in total. The summed E-state index contributed by atoms with van der Waals surface area (Å²) >= 11 is 0. The minimum Gasteiger partial charge on any atom is -0.368 e. The Morgan fingerprint density at radius 2 is 2.43 bits per heavy atom. The lowest BCUT2D eigenvalue weighted by Crippen LogP contribution is -2.26. The van der Waals surface area contributed by atoms with Gasteiger partial charge in [-0.25, -0.2) is 4.98 Å². The summed E-state index contributed by atoms with van der Waals surface area (Å²) in [7, 11) is 0. The van der Waals surface area contributed by atoms with Gasteiger partial charge in [0.25, 0.3) is 0 Å². The molecule has 72 valence electrons. The van der Waals surface area contributed by atoms with Crippen LogP contribution in [-0.2, 0) is 0 Å². The van der Waals surface area contributed by atoms with Gasteiger partial charge in [0.15, 0.2) is 0 Å². The molecule has 2 rings (SSSR count). The van der Waals surface area contributed by atoms with E-state index >= 15 is 0 Å². The summed E-state index contributed by atoms with van der Waals surface area (Å²) in [6.45, 7) is 3.33. The lowest BCUT2D eigenvalue weighted by molar-refractivity contribution is 0.734. The number of anilines is 1. The first-order valence-electron chi connectivity index (χ1n) is 4.94. The van der Waals surface area contributed by atoms with Gasteiger partial charge >= 0.3 is 0 Å². The van der Waals surface area contributed by atoms with Crippen LogP contribution in [0.1, 0.15) is 25.5 Å². The number of nitriles is 1. The molecule has 1 fully saturated rings. The predicted octanol–water partition coefficient (Wildman–Crippen LogP) is 1.94. The molecule has 0 aliphatic carbocycles. The monoisotopic (exact) mass is 187 g/mol. The van der Waals surface area contributed by atoms with E-state index in [1.165, 1.54) is 12.8 Å². The zero-order chi connectivity index (χ0) is 9.97. The van der Waals surface area contributed by atoms with Gasteiger partial charge in [-0.3, -0.25) is 0 Å². The van der Waals surface area contributed by atoms with Gasteiger partial charge in [0.05, 0.1) is 11.9 Å². The normalized spacial score (nSPS) is 20.9. The smallest absolute Gasteiger partial charge is 0.140 e. The molecule has 1 saturated heterocycles. The quantitative estimate of drug-likeness (QED) is 0.674. The number of nitrogens with zero attached hydrogens (tertiary/aromatic N) is 3. The molecule has 0 aromatic carbocycles. The van der Waals surface area contributed by atoms with E-state index < -0.39 is 0 Å². The second-order valence-electron chi connectivity index (χ2n) is 3.70. The van der Waals surface area contributed by atoms with Crippen molar-refractivity contribution in [3.05, 3.63) is 24.0 Å². The number of aromatic nitrogens is 1. The standard InChI is InChI=1S/C11H13N3/c1-9-3-2-6-14(9)11-5-4-10(7-12)13-8-11/h4-5,8-9H,2-3,6H2,1H3. The Hall–Kier alpha value is -1.56. The summed E-state index contributed by atoms with van der Waals surface area (Å²) in [5.41, 5.74) is 1.62. The van der Waals surface area contributed by atoms with Gasteiger partial charge in [-0.05, 0) is 31.9 Å². The Morgan fingerprint density at radius 3 is 2.93 bits per heavy atom. The summed E-state index contributed by atoms with van der Waals surface area (Å²) < 4.78 is 0. The molecule has 1 atom stereocenters. The van der Waals surface area contributed by atoms with E-state index in [-0.39, 0.29) is 0 Å². The van der Waals surface area contributed by atoms with Crippen LogP contribution in [0.3, 0.4) is 0 Å². The van der Waals surface area contributed by atoms with E-state index in [0.717, 1.165) is 12.2 Å². The minimum absolute atomic E-state index is 0.487. The molecule has 0 saturated carbocycles. The maximum absolute atomic E-state index is 8.62. The molecule has 0 radical (unpaired) electrons. The van der Waals surface area contributed by atoms with Crippen molar-refractivity contribution in [3.8, 4) is 6.07 Å². The Kier molecular flexibility index (Phi) is 2.36. The molecule has 1 aromatic rings. The van der Waals surface area contributed by atoms with E-state index in [4.69, 9.17) is 5.26 Å². The Labute approximate surface area is 84.0 Å². The van der Waals surface area contributed by atoms with Gasteiger partial charge in [-0.2, -0.15) is 5.26 Å². The van der Waals surface area contributed by atoms with Gasteiger partial charge in [-0.15, -0.1) is 0 Å². The van der Waals surface area contributed by atoms with Crippen LogP contribution in [0.4, 0.5) is 5.69 Å². The maximum Gasteiger partial charge on any atom is 0.140 e. The summed E-state index contributed by atoms with van der Waals surface area (Å²) in [5.74, 6) is 0. The molecule has 0 spiro atoms. The van der Waals surface area contributed by atoms with Crippen LogP contribution >= 0.6 is 0 Å². The lowest BCUT2D eigenvalue weighted by Gasteiger charge is -2.23. The number of rotatable bonds is 1. The third kappa shape index (κ3) is 1.56. The number of pyridine rings is 1. The summed E-state index contributed by atoms with van der Waals surface area (Å²) in [4.78, 5) is 6.41. The molecular formula is C11H13N3. The number of hydrogen-bond donors (Lipinski definition) is 0. The average molecular weight is 187 g/mol. The van der Waals surface area contributed by atoms with Crippen molar-refractivity contribution in [1.82, 2.24) is 4.98 Å². The van der Waals surface area contributed by atoms with Crippen molar-refractivity contribution in [2.75, 3.05) is 11.4 Å². The highest BCUT2D eigenvalue weighted by molar-refractivity contribution is 5.47. The summed E-state index contributed by atoms with van der Waals surface area (Å²) in [5, 5.41) is 8.62. The molecule has 2 heterocycles. The van der Waals surface area contributed by atoms with Crippen LogP contribution < -0.4 is 4.90 Å². The Morgan fingerprint density at radius 1 is 1.57 bits per heavy atom. The van der Waals surface area contributed by atoms with Crippen molar-refractivity contribution < 1.29 is 0 Å². The van der Waals surface area contributed by atoms with Gasteiger partial charge in [0.2, 0.25) is 0 Å². The van der Waals surface area contributed by atoms with Crippen LogP contribution in [0.2, 0.25) is 0 Å². The van der Waals surface area contributed by atoms with Crippen LogP contribution in [0.15, 0.2) is 18.3 Å². The highest BCUT2D eigenvalue weighted by Gasteiger charge is 2.20. The minimum atomic E-state index is 0.487. The third-order valence-electron chi connectivity index (χ3n) is 2.75. The van der Waals surface area contributed by atoms with E-state index in [1.54, 1.807) is 12.3 Å². The predicted molar refractivity (Wildman–Crippen MR) is 55.0 cm³/mol. The van der Waals surface area contributed by atoms with Gasteiger partial charge in [0.1, 0.15) is 11.8 Å². The molecule has 1 aliphatic heterocycles. The van der Waals surface area contributed by atoms with Crippen molar-refractivity contribution in [3.63, 3.8) is 0 Å². The first-order valence-corrected chi connectivity index (χ1v) is 4.94. The number of hydrogen-bond acceptors (Lipinski definition) is 3. The SMILES string of the molecule is CC1CCCN1c1ccc(C#N)nc1. The molecular weight excluding hydrogens is 174 g/mol. The Balaban J connectivity index is 2.21. The largest absolute Gasteiger partial charge is 0.368 e. The van der Waals surface area contributed by atoms with Crippen molar-refractivity contribution in [1.29, 1.82) is 5.26 Å². The van der Waals surface area contributed by atoms with Crippen LogP contribution in [0.5, 0.6) is 0 Å². The molecule has 1 unspecified atom stereocenters. The Bertz CT molecular complexity index is 350. The van der Waals surface area contributed by atoms with Gasteiger partial charge in [-0.1, -0.05) is 0 Å². The molecule has 3 heteroatoms. The lowest BCUT2D eigenvalue weighted by atomic mass is 10.2. The average Bonchev–Trinajstić information content (AvgIpc) is 2.65. The van der Waals surface area contributed by atoms with E-state index in [2.05, 4.69) is 16.8 Å². The third-order valence-corrected chi connectivity index (χ3v) is 2.75. The van der Waals surface area contributed by atoms with Crippen molar-refractivity contribution >= 4 is 5.69 Å². The second kappa shape index (κ2) is 3.67. The molecule has 1 aliphatic rings. The highest BCUT2D eigenvalue weighted by atomic mass is 15.2.